The Morgan fingerprint density at radius 2 is 1.96 bits per heavy atom. The lowest BCUT2D eigenvalue weighted by atomic mass is 10.1. The van der Waals surface area contributed by atoms with E-state index >= 15 is 0 Å². The Labute approximate surface area is 143 Å². The van der Waals surface area contributed by atoms with E-state index in [2.05, 4.69) is 4.74 Å². The van der Waals surface area contributed by atoms with Crippen LogP contribution in [-0.4, -0.2) is 44.2 Å². The number of hydrogen-bond donors (Lipinski definition) is 0. The maximum atomic E-state index is 12.9. The molecule has 1 aliphatic rings. The van der Waals surface area contributed by atoms with Crippen LogP contribution >= 0.6 is 0 Å². The van der Waals surface area contributed by atoms with Gasteiger partial charge in [0.2, 0.25) is 10.0 Å². The molecule has 0 N–H and O–H groups in total. The van der Waals surface area contributed by atoms with Crippen LogP contribution in [0.15, 0.2) is 29.2 Å². The molecule has 2 rings (SSSR count). The summed E-state index contributed by atoms with van der Waals surface area (Å²) in [5.74, 6) is -1.54. The molecule has 0 aromatic heterocycles. The van der Waals surface area contributed by atoms with E-state index in [1.54, 1.807) is 6.92 Å². The SMILES string of the molecule is CCOC(=O)C1CCCCN1S(=O)(=O)c1ccccc1OC(F)(F)F. The summed E-state index contributed by atoms with van der Waals surface area (Å²) in [6.45, 7) is 1.69. The van der Waals surface area contributed by atoms with E-state index in [4.69, 9.17) is 4.74 Å². The summed E-state index contributed by atoms with van der Waals surface area (Å²) in [6, 6.07) is 3.41. The highest BCUT2D eigenvalue weighted by Crippen LogP contribution is 2.34. The molecule has 1 saturated heterocycles. The summed E-state index contributed by atoms with van der Waals surface area (Å²) in [4.78, 5) is 11.4. The standard InChI is InChI=1S/C15H18F3NO5S/c1-2-23-14(20)11-7-5-6-10-19(11)25(21,22)13-9-4-3-8-12(13)24-15(16,17)18/h3-4,8-9,11H,2,5-7,10H2,1H3. The zero-order valence-electron chi connectivity index (χ0n) is 13.5. The van der Waals surface area contributed by atoms with E-state index in [1.165, 1.54) is 12.1 Å². The Morgan fingerprint density at radius 1 is 1.28 bits per heavy atom. The third-order valence-electron chi connectivity index (χ3n) is 3.67. The number of sulfonamides is 1. The number of para-hydroxylation sites is 1. The molecule has 1 aliphatic heterocycles. The molecule has 6 nitrogen and oxygen atoms in total. The van der Waals surface area contributed by atoms with Crippen molar-refractivity contribution in [1.82, 2.24) is 4.31 Å². The molecule has 1 aromatic carbocycles. The molecule has 0 radical (unpaired) electrons. The number of hydrogen-bond acceptors (Lipinski definition) is 5. The lowest BCUT2D eigenvalue weighted by Gasteiger charge is -2.33. The summed E-state index contributed by atoms with van der Waals surface area (Å²) < 4.78 is 73.0. The number of alkyl halides is 3. The first-order valence-corrected chi connectivity index (χ1v) is 9.14. The Kier molecular flexibility index (Phi) is 5.94. The molecule has 1 fully saturated rings. The molecule has 1 atom stereocenters. The second-order valence-corrected chi connectivity index (χ2v) is 7.23. The van der Waals surface area contributed by atoms with Crippen molar-refractivity contribution in [2.45, 2.75) is 43.5 Å². The van der Waals surface area contributed by atoms with Gasteiger partial charge in [-0.1, -0.05) is 12.1 Å². The van der Waals surface area contributed by atoms with Crippen molar-refractivity contribution in [2.75, 3.05) is 13.2 Å². The third kappa shape index (κ3) is 4.63. The number of ether oxygens (including phenoxy) is 2. The smallest absolute Gasteiger partial charge is 0.465 e. The molecule has 1 heterocycles. The van der Waals surface area contributed by atoms with Gasteiger partial charge in [0.25, 0.3) is 0 Å². The molecule has 0 bridgehead atoms. The fourth-order valence-corrected chi connectivity index (χ4v) is 4.43. The highest BCUT2D eigenvalue weighted by Gasteiger charge is 2.41. The zero-order chi connectivity index (χ0) is 18.7. The fraction of sp³-hybridized carbons (Fsp3) is 0.533. The van der Waals surface area contributed by atoms with Gasteiger partial charge in [-0.15, -0.1) is 13.2 Å². The normalized spacial score (nSPS) is 19.4. The first-order valence-electron chi connectivity index (χ1n) is 7.70. The van der Waals surface area contributed by atoms with E-state index in [0.717, 1.165) is 16.4 Å². The number of carbonyl (C=O) groups excluding carboxylic acids is 1. The second-order valence-electron chi connectivity index (χ2n) is 5.37. The number of nitrogens with zero attached hydrogens (tertiary/aromatic N) is 1. The first-order chi connectivity index (χ1) is 11.7. The molecule has 25 heavy (non-hydrogen) atoms. The van der Waals surface area contributed by atoms with Crippen LogP contribution in [0.1, 0.15) is 26.2 Å². The third-order valence-corrected chi connectivity index (χ3v) is 5.62. The number of halogens is 3. The maximum Gasteiger partial charge on any atom is 0.573 e. The van der Waals surface area contributed by atoms with Crippen molar-refractivity contribution in [3.63, 3.8) is 0 Å². The van der Waals surface area contributed by atoms with Gasteiger partial charge >= 0.3 is 12.3 Å². The number of benzene rings is 1. The largest absolute Gasteiger partial charge is 0.573 e. The van der Waals surface area contributed by atoms with E-state index in [9.17, 15) is 26.4 Å². The summed E-state index contributed by atoms with van der Waals surface area (Å²) in [7, 11) is -4.37. The predicted molar refractivity (Wildman–Crippen MR) is 81.3 cm³/mol. The number of carbonyl (C=O) groups is 1. The predicted octanol–water partition coefficient (Wildman–Crippen LogP) is 2.69. The Hall–Kier alpha value is -1.81. The van der Waals surface area contributed by atoms with Crippen LogP contribution in [0.5, 0.6) is 5.75 Å². The van der Waals surface area contributed by atoms with E-state index in [1.807, 2.05) is 0 Å². The maximum absolute atomic E-state index is 12.9. The van der Waals surface area contributed by atoms with E-state index < -0.39 is 39.0 Å². The van der Waals surface area contributed by atoms with Crippen LogP contribution in [0.2, 0.25) is 0 Å². The monoisotopic (exact) mass is 381 g/mol. The molecular formula is C15H18F3NO5S. The molecule has 140 valence electrons. The van der Waals surface area contributed by atoms with Crippen LogP contribution in [0.25, 0.3) is 0 Å². The fourth-order valence-electron chi connectivity index (χ4n) is 2.67. The summed E-state index contributed by atoms with van der Waals surface area (Å²) in [5, 5.41) is 0. The van der Waals surface area contributed by atoms with Gasteiger partial charge < -0.3 is 9.47 Å². The molecule has 0 aliphatic carbocycles. The van der Waals surface area contributed by atoms with Crippen LogP contribution < -0.4 is 4.74 Å². The molecule has 0 spiro atoms. The molecule has 1 unspecified atom stereocenters. The summed E-state index contributed by atoms with van der Waals surface area (Å²) in [5.41, 5.74) is 0. The van der Waals surface area contributed by atoms with Gasteiger partial charge in [0.05, 0.1) is 6.61 Å². The van der Waals surface area contributed by atoms with Gasteiger partial charge in [0.1, 0.15) is 16.7 Å². The Morgan fingerprint density at radius 3 is 2.60 bits per heavy atom. The van der Waals surface area contributed by atoms with Crippen molar-refractivity contribution in [3.05, 3.63) is 24.3 Å². The average Bonchev–Trinajstić information content (AvgIpc) is 2.54. The molecule has 0 saturated carbocycles. The number of rotatable bonds is 5. The van der Waals surface area contributed by atoms with Crippen LogP contribution in [0.3, 0.4) is 0 Å². The van der Waals surface area contributed by atoms with Gasteiger partial charge in [0.15, 0.2) is 0 Å². The molecular weight excluding hydrogens is 363 g/mol. The number of esters is 1. The van der Waals surface area contributed by atoms with Gasteiger partial charge in [-0.2, -0.15) is 4.31 Å². The van der Waals surface area contributed by atoms with Crippen molar-refractivity contribution in [1.29, 1.82) is 0 Å². The summed E-state index contributed by atoms with van der Waals surface area (Å²) >= 11 is 0. The lowest BCUT2D eigenvalue weighted by molar-refractivity contribution is -0.275. The molecule has 0 amide bonds. The topological polar surface area (TPSA) is 72.9 Å². The van der Waals surface area contributed by atoms with Crippen molar-refractivity contribution in [3.8, 4) is 5.75 Å². The zero-order valence-corrected chi connectivity index (χ0v) is 14.3. The van der Waals surface area contributed by atoms with Gasteiger partial charge in [-0.05, 0) is 38.3 Å². The average molecular weight is 381 g/mol. The van der Waals surface area contributed by atoms with E-state index in [-0.39, 0.29) is 19.6 Å². The van der Waals surface area contributed by atoms with E-state index in [0.29, 0.717) is 12.8 Å². The second kappa shape index (κ2) is 7.61. The van der Waals surface area contributed by atoms with Gasteiger partial charge in [0, 0.05) is 6.54 Å². The lowest BCUT2D eigenvalue weighted by Crippen LogP contribution is -2.48. The number of piperidine rings is 1. The summed E-state index contributed by atoms with van der Waals surface area (Å²) in [6.07, 6.45) is -3.66. The Balaban J connectivity index is 2.41. The quantitative estimate of drug-likeness (QED) is 0.734. The van der Waals surface area contributed by atoms with Crippen molar-refractivity contribution >= 4 is 16.0 Å². The molecule has 1 aromatic rings. The van der Waals surface area contributed by atoms with Crippen LogP contribution in [-0.2, 0) is 19.6 Å². The highest BCUT2D eigenvalue weighted by molar-refractivity contribution is 7.89. The minimum Gasteiger partial charge on any atom is -0.465 e. The Bertz CT molecular complexity index is 720. The van der Waals surface area contributed by atoms with Crippen molar-refractivity contribution in [2.24, 2.45) is 0 Å². The van der Waals surface area contributed by atoms with Crippen molar-refractivity contribution < 1.29 is 35.9 Å². The minimum atomic E-state index is -5.03. The first kappa shape index (κ1) is 19.5. The van der Waals surface area contributed by atoms with Gasteiger partial charge in [-0.3, -0.25) is 4.79 Å². The van der Waals surface area contributed by atoms with Crippen LogP contribution in [0, 0.1) is 0 Å². The minimum absolute atomic E-state index is 0.0200. The molecule has 10 heteroatoms. The highest BCUT2D eigenvalue weighted by atomic mass is 32.2. The van der Waals surface area contributed by atoms with Crippen LogP contribution in [0.4, 0.5) is 13.2 Å². The van der Waals surface area contributed by atoms with Gasteiger partial charge in [-0.25, -0.2) is 8.42 Å².